The molecule has 0 aliphatic carbocycles. The molecule has 0 radical (unpaired) electrons. The van der Waals surface area contributed by atoms with E-state index in [2.05, 4.69) is 21.2 Å². The third-order valence-electron chi connectivity index (χ3n) is 2.46. The van der Waals surface area contributed by atoms with Gasteiger partial charge in [-0.3, -0.25) is 4.79 Å². The lowest BCUT2D eigenvalue weighted by Gasteiger charge is -2.17. The van der Waals surface area contributed by atoms with Crippen molar-refractivity contribution in [2.24, 2.45) is 0 Å². The lowest BCUT2D eigenvalue weighted by Crippen LogP contribution is -2.29. The monoisotopic (exact) mass is 327 g/mol. The predicted molar refractivity (Wildman–Crippen MR) is 74.5 cm³/mol. The number of halogens is 2. The summed E-state index contributed by atoms with van der Waals surface area (Å²) in [6, 6.07) is 9.83. The Morgan fingerprint density at radius 2 is 2.06 bits per heavy atom. The number of carbonyl (C=O) groups is 1. The smallest absolute Gasteiger partial charge is 0.231 e. The van der Waals surface area contributed by atoms with Crippen molar-refractivity contribution in [1.29, 1.82) is 0 Å². The molecule has 1 aromatic carbocycles. The zero-order valence-electron chi connectivity index (χ0n) is 9.40. The van der Waals surface area contributed by atoms with E-state index in [4.69, 9.17) is 0 Å². The molecule has 0 fully saturated rings. The highest BCUT2D eigenvalue weighted by molar-refractivity contribution is 9.09. The van der Waals surface area contributed by atoms with Gasteiger partial charge in [-0.15, -0.1) is 11.3 Å². The largest absolute Gasteiger partial charge is 0.344 e. The molecule has 2 rings (SSSR count). The molecule has 0 saturated carbocycles. The maximum atomic E-state index is 12.9. The lowest BCUT2D eigenvalue weighted by molar-refractivity contribution is -0.118. The van der Waals surface area contributed by atoms with E-state index < -0.39 is 0 Å². The van der Waals surface area contributed by atoms with Crippen molar-refractivity contribution in [2.45, 2.75) is 6.04 Å². The molecule has 1 N–H and O–H groups in total. The van der Waals surface area contributed by atoms with Crippen LogP contribution in [-0.2, 0) is 4.79 Å². The van der Waals surface area contributed by atoms with E-state index in [0.29, 0.717) is 0 Å². The maximum Gasteiger partial charge on any atom is 0.231 e. The Hall–Kier alpha value is -1.20. The fourth-order valence-electron chi connectivity index (χ4n) is 1.63. The van der Waals surface area contributed by atoms with E-state index >= 15 is 0 Å². The number of alkyl halides is 1. The van der Waals surface area contributed by atoms with Gasteiger partial charge in [0.25, 0.3) is 0 Å². The Labute approximate surface area is 117 Å². The van der Waals surface area contributed by atoms with Crippen LogP contribution in [-0.4, -0.2) is 11.2 Å². The van der Waals surface area contributed by atoms with Crippen LogP contribution in [0.2, 0.25) is 0 Å². The molecule has 5 heteroatoms. The zero-order valence-corrected chi connectivity index (χ0v) is 11.8. The molecule has 0 saturated heterocycles. The summed E-state index contributed by atoms with van der Waals surface area (Å²) in [4.78, 5) is 12.6. The van der Waals surface area contributed by atoms with Crippen LogP contribution in [0.4, 0.5) is 4.39 Å². The fraction of sp³-hybridized carbons (Fsp3) is 0.154. The first-order valence-electron chi connectivity index (χ1n) is 5.35. The van der Waals surface area contributed by atoms with Crippen LogP contribution in [0.25, 0.3) is 0 Å². The third-order valence-corrected chi connectivity index (χ3v) is 3.90. The van der Waals surface area contributed by atoms with Gasteiger partial charge in [0.2, 0.25) is 5.91 Å². The van der Waals surface area contributed by atoms with Crippen molar-refractivity contribution in [1.82, 2.24) is 5.32 Å². The average Bonchev–Trinajstić information content (AvgIpc) is 2.90. The molecule has 1 heterocycles. The Morgan fingerprint density at radius 3 is 2.61 bits per heavy atom. The van der Waals surface area contributed by atoms with E-state index in [1.807, 2.05) is 17.5 Å². The Morgan fingerprint density at radius 1 is 1.33 bits per heavy atom. The minimum Gasteiger partial charge on any atom is -0.344 e. The summed E-state index contributed by atoms with van der Waals surface area (Å²) in [5.41, 5.74) is 0.869. The van der Waals surface area contributed by atoms with Gasteiger partial charge in [-0.2, -0.15) is 0 Å². The highest BCUT2D eigenvalue weighted by Crippen LogP contribution is 2.26. The quantitative estimate of drug-likeness (QED) is 0.856. The highest BCUT2D eigenvalue weighted by atomic mass is 79.9. The molecule has 1 atom stereocenters. The standard InChI is InChI=1S/C13H11BrFNOS/c14-8-12(17)16-13(11-2-1-7-18-11)9-3-5-10(15)6-4-9/h1-7,13H,8H2,(H,16,17). The molecule has 1 aromatic heterocycles. The van der Waals surface area contributed by atoms with Crippen molar-refractivity contribution in [3.8, 4) is 0 Å². The Kier molecular flexibility index (Phi) is 4.49. The van der Waals surface area contributed by atoms with Gasteiger partial charge in [-0.1, -0.05) is 34.1 Å². The van der Waals surface area contributed by atoms with E-state index in [0.717, 1.165) is 10.4 Å². The molecule has 18 heavy (non-hydrogen) atoms. The SMILES string of the molecule is O=C(CBr)NC(c1ccc(F)cc1)c1cccs1. The maximum absolute atomic E-state index is 12.9. The number of rotatable bonds is 4. The van der Waals surface area contributed by atoms with Crippen LogP contribution in [0, 0.1) is 5.82 Å². The van der Waals surface area contributed by atoms with Crippen LogP contribution < -0.4 is 5.32 Å². The van der Waals surface area contributed by atoms with Gasteiger partial charge in [0.1, 0.15) is 5.82 Å². The first-order chi connectivity index (χ1) is 8.70. The van der Waals surface area contributed by atoms with Crippen LogP contribution >= 0.6 is 27.3 Å². The molecular weight excluding hydrogens is 317 g/mol. The summed E-state index contributed by atoms with van der Waals surface area (Å²) >= 11 is 4.68. The van der Waals surface area contributed by atoms with Gasteiger partial charge in [-0.25, -0.2) is 4.39 Å². The number of nitrogens with one attached hydrogen (secondary N) is 1. The van der Waals surface area contributed by atoms with E-state index in [-0.39, 0.29) is 23.1 Å². The number of carbonyl (C=O) groups excluding carboxylic acids is 1. The molecule has 0 bridgehead atoms. The van der Waals surface area contributed by atoms with Gasteiger partial charge in [0.15, 0.2) is 0 Å². The molecule has 94 valence electrons. The first-order valence-corrected chi connectivity index (χ1v) is 7.35. The normalized spacial score (nSPS) is 12.1. The van der Waals surface area contributed by atoms with Crippen LogP contribution in [0.1, 0.15) is 16.5 Å². The summed E-state index contributed by atoms with van der Waals surface area (Å²) in [6.45, 7) is 0. The summed E-state index contributed by atoms with van der Waals surface area (Å²) in [5, 5.41) is 5.10. The summed E-state index contributed by atoms with van der Waals surface area (Å²) in [5.74, 6) is -0.381. The minimum absolute atomic E-state index is 0.0993. The molecular formula is C13H11BrFNOS. The van der Waals surface area contributed by atoms with Crippen LogP contribution in [0.3, 0.4) is 0 Å². The summed E-state index contributed by atoms with van der Waals surface area (Å²) in [7, 11) is 0. The second-order valence-corrected chi connectivity index (χ2v) is 5.24. The van der Waals surface area contributed by atoms with E-state index in [9.17, 15) is 9.18 Å². The molecule has 2 nitrogen and oxygen atoms in total. The number of benzene rings is 1. The van der Waals surface area contributed by atoms with E-state index in [1.54, 1.807) is 23.5 Å². The van der Waals surface area contributed by atoms with Gasteiger partial charge in [0, 0.05) is 4.88 Å². The van der Waals surface area contributed by atoms with Crippen LogP contribution in [0.5, 0.6) is 0 Å². The van der Waals surface area contributed by atoms with Crippen molar-refractivity contribution in [2.75, 3.05) is 5.33 Å². The number of thiophene rings is 1. The molecule has 1 amide bonds. The van der Waals surface area contributed by atoms with Crippen molar-refractivity contribution < 1.29 is 9.18 Å². The Balaban J connectivity index is 2.30. The minimum atomic E-state index is -0.282. The average molecular weight is 328 g/mol. The Bertz CT molecular complexity index is 512. The van der Waals surface area contributed by atoms with Gasteiger partial charge < -0.3 is 5.32 Å². The van der Waals surface area contributed by atoms with Gasteiger partial charge >= 0.3 is 0 Å². The number of hydrogen-bond acceptors (Lipinski definition) is 2. The summed E-state index contributed by atoms with van der Waals surface area (Å²) in [6.07, 6.45) is 0. The van der Waals surface area contributed by atoms with Gasteiger partial charge in [-0.05, 0) is 29.1 Å². The van der Waals surface area contributed by atoms with Gasteiger partial charge in [0.05, 0.1) is 11.4 Å². The number of hydrogen-bond donors (Lipinski definition) is 1. The first kappa shape index (κ1) is 13.2. The van der Waals surface area contributed by atoms with Crippen molar-refractivity contribution >= 4 is 33.2 Å². The molecule has 0 aliphatic heterocycles. The van der Waals surface area contributed by atoms with E-state index in [1.165, 1.54) is 12.1 Å². The predicted octanol–water partition coefficient (Wildman–Crippen LogP) is 3.49. The van der Waals surface area contributed by atoms with Crippen LogP contribution in [0.15, 0.2) is 41.8 Å². The van der Waals surface area contributed by atoms with Crippen molar-refractivity contribution in [3.05, 3.63) is 58.0 Å². The molecule has 2 aromatic rings. The topological polar surface area (TPSA) is 29.1 Å². The van der Waals surface area contributed by atoms with Crippen molar-refractivity contribution in [3.63, 3.8) is 0 Å². The second-order valence-electron chi connectivity index (χ2n) is 3.70. The molecule has 1 unspecified atom stereocenters. The highest BCUT2D eigenvalue weighted by Gasteiger charge is 2.17. The molecule has 0 spiro atoms. The zero-order chi connectivity index (χ0) is 13.0. The number of amides is 1. The summed E-state index contributed by atoms with van der Waals surface area (Å²) < 4.78 is 12.9. The second kappa shape index (κ2) is 6.11. The lowest BCUT2D eigenvalue weighted by atomic mass is 10.1. The third kappa shape index (κ3) is 3.17. The fourth-order valence-corrected chi connectivity index (χ4v) is 2.59. The molecule has 0 aliphatic rings.